The number of methoxy groups -OCH3 is 1. The van der Waals surface area contributed by atoms with Crippen LogP contribution in [0.4, 0.5) is 11.4 Å². The molecule has 0 radical (unpaired) electrons. The van der Waals surface area contributed by atoms with Gasteiger partial charge >= 0.3 is 0 Å². The third-order valence-corrected chi connectivity index (χ3v) is 4.99. The van der Waals surface area contributed by atoms with E-state index >= 15 is 0 Å². The van der Waals surface area contributed by atoms with Crippen molar-refractivity contribution in [3.8, 4) is 17.2 Å². The van der Waals surface area contributed by atoms with E-state index in [4.69, 9.17) is 14.2 Å². The lowest BCUT2D eigenvalue weighted by atomic mass is 10.2. The Morgan fingerprint density at radius 3 is 2.73 bits per heavy atom. The Bertz CT molecular complexity index is 942. The Kier molecular flexibility index (Phi) is 4.90. The Morgan fingerprint density at radius 1 is 1.19 bits per heavy atom. The van der Waals surface area contributed by atoms with Crippen LogP contribution in [0.5, 0.6) is 17.2 Å². The molecule has 1 heterocycles. The average molecular weight is 378 g/mol. The molecule has 1 amide bonds. The highest BCUT2D eigenvalue weighted by atomic mass is 32.2. The zero-order valence-electron chi connectivity index (χ0n) is 14.2. The second kappa shape index (κ2) is 7.12. The van der Waals surface area contributed by atoms with E-state index in [1.807, 2.05) is 6.92 Å². The Labute approximate surface area is 151 Å². The van der Waals surface area contributed by atoms with Crippen molar-refractivity contribution < 1.29 is 27.4 Å². The van der Waals surface area contributed by atoms with Gasteiger partial charge < -0.3 is 19.5 Å². The largest absolute Gasteiger partial charge is 0.493 e. The number of sulfonamides is 1. The number of hydrogen-bond acceptors (Lipinski definition) is 6. The number of ether oxygens (including phenoxy) is 3. The Morgan fingerprint density at radius 2 is 2.00 bits per heavy atom. The van der Waals surface area contributed by atoms with Gasteiger partial charge in [0.05, 0.1) is 30.0 Å². The van der Waals surface area contributed by atoms with Gasteiger partial charge in [-0.2, -0.15) is 0 Å². The minimum Gasteiger partial charge on any atom is -0.493 e. The molecule has 1 aliphatic rings. The third kappa shape index (κ3) is 3.67. The van der Waals surface area contributed by atoms with Gasteiger partial charge in [0.2, 0.25) is 0 Å². The lowest BCUT2D eigenvalue weighted by Crippen LogP contribution is -2.25. The molecule has 138 valence electrons. The van der Waals surface area contributed by atoms with Crippen LogP contribution < -0.4 is 24.2 Å². The summed E-state index contributed by atoms with van der Waals surface area (Å²) < 4.78 is 43.6. The van der Waals surface area contributed by atoms with Gasteiger partial charge in [0.15, 0.2) is 18.1 Å². The monoisotopic (exact) mass is 378 g/mol. The lowest BCUT2D eigenvalue weighted by Gasteiger charge is -2.19. The van der Waals surface area contributed by atoms with Crippen LogP contribution in [-0.4, -0.2) is 34.6 Å². The van der Waals surface area contributed by atoms with Crippen molar-refractivity contribution in [2.24, 2.45) is 0 Å². The highest BCUT2D eigenvalue weighted by Gasteiger charge is 2.21. The molecule has 1 aliphatic heterocycles. The first-order valence-corrected chi connectivity index (χ1v) is 9.31. The molecule has 0 bridgehead atoms. The van der Waals surface area contributed by atoms with E-state index in [1.54, 1.807) is 12.1 Å². The molecule has 0 fully saturated rings. The summed E-state index contributed by atoms with van der Waals surface area (Å²) in [5.74, 6) is 1.02. The summed E-state index contributed by atoms with van der Waals surface area (Å²) in [5.41, 5.74) is 0.636. The summed E-state index contributed by atoms with van der Waals surface area (Å²) in [4.78, 5) is 11.4. The maximum atomic E-state index is 12.6. The number of benzene rings is 2. The summed E-state index contributed by atoms with van der Waals surface area (Å²) in [5, 5.41) is 2.58. The number of hydrogen-bond donors (Lipinski definition) is 2. The molecule has 26 heavy (non-hydrogen) atoms. The molecule has 9 heteroatoms. The smallest absolute Gasteiger partial charge is 0.262 e. The molecule has 2 aromatic rings. The van der Waals surface area contributed by atoms with E-state index in [1.165, 1.54) is 31.4 Å². The summed E-state index contributed by atoms with van der Waals surface area (Å²) in [7, 11) is -2.39. The van der Waals surface area contributed by atoms with Crippen LogP contribution >= 0.6 is 0 Å². The second-order valence-corrected chi connectivity index (χ2v) is 7.08. The molecule has 3 rings (SSSR count). The number of amides is 1. The van der Waals surface area contributed by atoms with Gasteiger partial charge in [-0.3, -0.25) is 9.52 Å². The van der Waals surface area contributed by atoms with Gasteiger partial charge in [-0.1, -0.05) is 0 Å². The minimum atomic E-state index is -3.87. The van der Waals surface area contributed by atoms with E-state index in [9.17, 15) is 13.2 Å². The summed E-state index contributed by atoms with van der Waals surface area (Å²) >= 11 is 0. The average Bonchev–Trinajstić information content (AvgIpc) is 2.62. The van der Waals surface area contributed by atoms with Crippen LogP contribution in [0.25, 0.3) is 0 Å². The fraction of sp³-hybridized carbons (Fsp3) is 0.235. The number of fused-ring (bicyclic) bond motifs is 1. The topological polar surface area (TPSA) is 103 Å². The van der Waals surface area contributed by atoms with Crippen LogP contribution in [0.2, 0.25) is 0 Å². The molecule has 2 aromatic carbocycles. The molecule has 0 aromatic heterocycles. The molecular formula is C17H18N2O6S. The van der Waals surface area contributed by atoms with Gasteiger partial charge in [-0.25, -0.2) is 8.42 Å². The molecule has 8 nitrogen and oxygen atoms in total. The molecule has 0 spiro atoms. The van der Waals surface area contributed by atoms with Gasteiger partial charge in [0.1, 0.15) is 5.75 Å². The third-order valence-electron chi connectivity index (χ3n) is 3.61. The minimum absolute atomic E-state index is 0.00472. The van der Waals surface area contributed by atoms with E-state index in [-0.39, 0.29) is 17.4 Å². The Hall–Kier alpha value is -2.94. The fourth-order valence-electron chi connectivity index (χ4n) is 2.45. The normalized spacial score (nSPS) is 13.2. The summed E-state index contributed by atoms with van der Waals surface area (Å²) in [6.07, 6.45) is 0. The molecule has 2 N–H and O–H groups in total. The first-order valence-electron chi connectivity index (χ1n) is 7.83. The van der Waals surface area contributed by atoms with Gasteiger partial charge in [0.25, 0.3) is 15.9 Å². The number of carbonyl (C=O) groups excluding carboxylic acids is 1. The quantitative estimate of drug-likeness (QED) is 0.799. The van der Waals surface area contributed by atoms with Crippen LogP contribution in [0.15, 0.2) is 41.3 Å². The maximum absolute atomic E-state index is 12.6. The van der Waals surface area contributed by atoms with Crippen molar-refractivity contribution in [1.29, 1.82) is 0 Å². The summed E-state index contributed by atoms with van der Waals surface area (Å²) in [6.45, 7) is 2.21. The molecule has 0 aliphatic carbocycles. The van der Waals surface area contributed by atoms with Gasteiger partial charge in [0, 0.05) is 6.07 Å². The first-order chi connectivity index (χ1) is 12.4. The van der Waals surface area contributed by atoms with Crippen LogP contribution in [0.3, 0.4) is 0 Å². The van der Waals surface area contributed by atoms with Crippen molar-refractivity contribution in [2.75, 3.05) is 30.4 Å². The molecule has 0 saturated heterocycles. The van der Waals surface area contributed by atoms with Gasteiger partial charge in [-0.05, 0) is 37.3 Å². The van der Waals surface area contributed by atoms with Crippen LogP contribution in [-0.2, 0) is 14.8 Å². The van der Waals surface area contributed by atoms with E-state index in [2.05, 4.69) is 10.0 Å². The molecule has 0 atom stereocenters. The highest BCUT2D eigenvalue weighted by Crippen LogP contribution is 2.33. The second-order valence-electron chi connectivity index (χ2n) is 5.40. The Balaban J connectivity index is 1.87. The maximum Gasteiger partial charge on any atom is 0.262 e. The molecule has 0 saturated carbocycles. The highest BCUT2D eigenvalue weighted by molar-refractivity contribution is 7.92. The summed E-state index contributed by atoms with van der Waals surface area (Å²) in [6, 6.07) is 8.99. The molecule has 0 unspecified atom stereocenters. The predicted molar refractivity (Wildman–Crippen MR) is 95.5 cm³/mol. The van der Waals surface area contributed by atoms with Crippen molar-refractivity contribution >= 4 is 27.3 Å². The van der Waals surface area contributed by atoms with Gasteiger partial charge in [-0.15, -0.1) is 0 Å². The SMILES string of the molecule is CCOc1ccc(NS(=O)(=O)c2ccc3c(c2)NC(=O)CO3)cc1OC. The predicted octanol–water partition coefficient (Wildman–Crippen LogP) is 2.23. The number of nitrogens with one attached hydrogen (secondary N) is 2. The van der Waals surface area contributed by atoms with Crippen molar-refractivity contribution in [3.05, 3.63) is 36.4 Å². The van der Waals surface area contributed by atoms with Crippen molar-refractivity contribution in [2.45, 2.75) is 11.8 Å². The zero-order chi connectivity index (χ0) is 18.7. The van der Waals surface area contributed by atoms with Crippen molar-refractivity contribution in [3.63, 3.8) is 0 Å². The number of rotatable bonds is 6. The van der Waals surface area contributed by atoms with E-state index in [0.29, 0.717) is 35.2 Å². The van der Waals surface area contributed by atoms with E-state index < -0.39 is 10.0 Å². The lowest BCUT2D eigenvalue weighted by molar-refractivity contribution is -0.118. The van der Waals surface area contributed by atoms with Crippen molar-refractivity contribution in [1.82, 2.24) is 0 Å². The van der Waals surface area contributed by atoms with E-state index in [0.717, 1.165) is 0 Å². The van der Waals surface area contributed by atoms with Crippen LogP contribution in [0.1, 0.15) is 6.92 Å². The number of anilines is 2. The number of carbonyl (C=O) groups is 1. The van der Waals surface area contributed by atoms with Crippen LogP contribution in [0, 0.1) is 0 Å². The first kappa shape index (κ1) is 17.9. The fourth-order valence-corrected chi connectivity index (χ4v) is 3.52. The zero-order valence-corrected chi connectivity index (χ0v) is 15.1. The standard InChI is InChI=1S/C17H18N2O6S/c1-3-24-15-6-4-11(8-16(15)23-2)19-26(21,22)12-5-7-14-13(9-12)18-17(20)10-25-14/h4-9,19H,3,10H2,1-2H3,(H,18,20). The molecular weight excluding hydrogens is 360 g/mol.